The molecular formula is C32H34N4O5. The van der Waals surface area contributed by atoms with Gasteiger partial charge < -0.3 is 19.5 Å². The molecule has 0 radical (unpaired) electrons. The number of nitrogens with one attached hydrogen (secondary N) is 1. The highest BCUT2D eigenvalue weighted by Gasteiger charge is 2.23. The Balaban J connectivity index is 1.50. The van der Waals surface area contributed by atoms with Crippen LogP contribution in [0, 0.1) is 10.1 Å². The summed E-state index contributed by atoms with van der Waals surface area (Å²) in [7, 11) is 1.61. The lowest BCUT2D eigenvalue weighted by Crippen LogP contribution is -2.45. The quantitative estimate of drug-likeness (QED) is 0.139. The molecule has 3 aromatic carbocycles. The maximum absolute atomic E-state index is 13.7. The predicted octanol–water partition coefficient (Wildman–Crippen LogP) is 5.61. The van der Waals surface area contributed by atoms with Gasteiger partial charge in [0.25, 0.3) is 5.69 Å². The van der Waals surface area contributed by atoms with Gasteiger partial charge in [-0.1, -0.05) is 30.3 Å². The Kier molecular flexibility index (Phi) is 9.52. The van der Waals surface area contributed by atoms with E-state index in [0.29, 0.717) is 25.1 Å². The molecule has 0 aliphatic heterocycles. The Morgan fingerprint density at radius 2 is 1.73 bits per heavy atom. The van der Waals surface area contributed by atoms with Crippen molar-refractivity contribution >= 4 is 34.5 Å². The maximum Gasteiger partial charge on any atom is 0.269 e. The largest absolute Gasteiger partial charge is 0.497 e. The summed E-state index contributed by atoms with van der Waals surface area (Å²) >= 11 is 0. The SMILES string of the molecule is COc1ccc(CN(CCc2c[nH]c3ccccc23)C(=O)CN(C(=O)C=Cc2ccc([N+](=O)[O-])cc2)C(C)C)cc1. The van der Waals surface area contributed by atoms with E-state index in [1.54, 1.807) is 30.2 Å². The lowest BCUT2D eigenvalue weighted by molar-refractivity contribution is -0.384. The first-order valence-corrected chi connectivity index (χ1v) is 13.4. The van der Waals surface area contributed by atoms with Crippen molar-refractivity contribution < 1.29 is 19.2 Å². The number of hydrogen-bond acceptors (Lipinski definition) is 5. The molecule has 41 heavy (non-hydrogen) atoms. The number of non-ortho nitro benzene ring substituents is 1. The Bertz CT molecular complexity index is 1520. The van der Waals surface area contributed by atoms with Gasteiger partial charge in [-0.25, -0.2) is 0 Å². The molecule has 0 saturated carbocycles. The number of carbonyl (C=O) groups excluding carboxylic acids is 2. The zero-order chi connectivity index (χ0) is 29.4. The number of nitro groups is 1. The fourth-order valence-electron chi connectivity index (χ4n) is 4.57. The number of fused-ring (bicyclic) bond motifs is 1. The van der Waals surface area contributed by atoms with Crippen molar-refractivity contribution in [2.24, 2.45) is 0 Å². The highest BCUT2D eigenvalue weighted by Crippen LogP contribution is 2.20. The molecular weight excluding hydrogens is 520 g/mol. The van der Waals surface area contributed by atoms with Crippen molar-refractivity contribution in [2.75, 3.05) is 20.2 Å². The summed E-state index contributed by atoms with van der Waals surface area (Å²) in [6.45, 7) is 4.52. The normalized spacial score (nSPS) is 11.2. The summed E-state index contributed by atoms with van der Waals surface area (Å²) in [6, 6.07) is 21.4. The van der Waals surface area contributed by atoms with Crippen molar-refractivity contribution in [1.82, 2.24) is 14.8 Å². The van der Waals surface area contributed by atoms with Gasteiger partial charge in [0.1, 0.15) is 12.3 Å². The van der Waals surface area contributed by atoms with Crippen LogP contribution in [0.2, 0.25) is 0 Å². The minimum Gasteiger partial charge on any atom is -0.497 e. The molecule has 0 saturated heterocycles. The molecule has 212 valence electrons. The molecule has 0 unspecified atom stereocenters. The predicted molar refractivity (Wildman–Crippen MR) is 159 cm³/mol. The molecule has 4 aromatic rings. The van der Waals surface area contributed by atoms with Crippen LogP contribution in [0.4, 0.5) is 5.69 Å². The van der Waals surface area contributed by atoms with Gasteiger partial charge in [-0.15, -0.1) is 0 Å². The first kappa shape index (κ1) is 29.1. The Morgan fingerprint density at radius 3 is 2.39 bits per heavy atom. The third-order valence-corrected chi connectivity index (χ3v) is 6.95. The topological polar surface area (TPSA) is 109 Å². The number of para-hydroxylation sites is 1. The molecule has 0 aliphatic carbocycles. The van der Waals surface area contributed by atoms with Gasteiger partial charge in [-0.3, -0.25) is 19.7 Å². The average Bonchev–Trinajstić information content (AvgIpc) is 3.40. The van der Waals surface area contributed by atoms with E-state index in [1.165, 1.54) is 23.1 Å². The van der Waals surface area contributed by atoms with Crippen molar-refractivity contribution in [3.63, 3.8) is 0 Å². The van der Waals surface area contributed by atoms with E-state index >= 15 is 0 Å². The van der Waals surface area contributed by atoms with Crippen molar-refractivity contribution in [1.29, 1.82) is 0 Å². The van der Waals surface area contributed by atoms with Crippen LogP contribution in [0.15, 0.2) is 85.1 Å². The van der Waals surface area contributed by atoms with E-state index in [-0.39, 0.29) is 30.1 Å². The van der Waals surface area contributed by atoms with Crippen LogP contribution in [-0.4, -0.2) is 57.8 Å². The summed E-state index contributed by atoms with van der Waals surface area (Å²) in [5, 5.41) is 12.0. The van der Waals surface area contributed by atoms with E-state index in [0.717, 1.165) is 27.8 Å². The number of methoxy groups -OCH3 is 1. The van der Waals surface area contributed by atoms with Crippen LogP contribution in [0.5, 0.6) is 5.75 Å². The average molecular weight is 555 g/mol. The summed E-state index contributed by atoms with van der Waals surface area (Å²) in [5.41, 5.74) is 3.76. The number of aromatic nitrogens is 1. The van der Waals surface area contributed by atoms with E-state index in [4.69, 9.17) is 4.74 Å². The molecule has 4 rings (SSSR count). The molecule has 1 N–H and O–H groups in total. The maximum atomic E-state index is 13.7. The van der Waals surface area contributed by atoms with Gasteiger partial charge in [0.05, 0.1) is 12.0 Å². The minimum atomic E-state index is -0.471. The number of H-pyrrole nitrogens is 1. The lowest BCUT2D eigenvalue weighted by Gasteiger charge is -2.29. The van der Waals surface area contributed by atoms with E-state index in [2.05, 4.69) is 11.1 Å². The smallest absolute Gasteiger partial charge is 0.269 e. The summed E-state index contributed by atoms with van der Waals surface area (Å²) in [5.74, 6) is 0.265. The van der Waals surface area contributed by atoms with Crippen molar-refractivity contribution in [3.05, 3.63) is 112 Å². The van der Waals surface area contributed by atoms with Crippen LogP contribution in [0.1, 0.15) is 30.5 Å². The molecule has 1 aromatic heterocycles. The number of amides is 2. The third kappa shape index (κ3) is 7.60. The highest BCUT2D eigenvalue weighted by atomic mass is 16.6. The third-order valence-electron chi connectivity index (χ3n) is 6.95. The second-order valence-corrected chi connectivity index (χ2v) is 10.0. The minimum absolute atomic E-state index is 0.0209. The molecule has 9 heteroatoms. The van der Waals surface area contributed by atoms with Crippen LogP contribution >= 0.6 is 0 Å². The van der Waals surface area contributed by atoms with Crippen LogP contribution < -0.4 is 4.74 Å². The van der Waals surface area contributed by atoms with Crippen LogP contribution in [0.3, 0.4) is 0 Å². The van der Waals surface area contributed by atoms with Gasteiger partial charge >= 0.3 is 0 Å². The van der Waals surface area contributed by atoms with Crippen LogP contribution in [0.25, 0.3) is 17.0 Å². The van der Waals surface area contributed by atoms with Gasteiger partial charge in [-0.05, 0) is 73.4 Å². The van der Waals surface area contributed by atoms with Gasteiger partial charge in [0.15, 0.2) is 0 Å². The molecule has 1 heterocycles. The second-order valence-electron chi connectivity index (χ2n) is 10.0. The summed E-state index contributed by atoms with van der Waals surface area (Å²) in [4.78, 5) is 43.9. The zero-order valence-electron chi connectivity index (χ0n) is 23.4. The number of aromatic amines is 1. The number of benzene rings is 3. The summed E-state index contributed by atoms with van der Waals surface area (Å²) in [6.07, 6.45) is 5.63. The number of nitrogens with zero attached hydrogens (tertiary/aromatic N) is 3. The first-order chi connectivity index (χ1) is 19.7. The van der Waals surface area contributed by atoms with E-state index in [9.17, 15) is 19.7 Å². The van der Waals surface area contributed by atoms with Crippen molar-refractivity contribution in [3.8, 4) is 5.75 Å². The number of hydrogen-bond donors (Lipinski definition) is 1. The molecule has 0 aliphatic rings. The Hall–Kier alpha value is -4.92. The number of rotatable bonds is 12. The molecule has 0 spiro atoms. The number of carbonyl (C=O) groups is 2. The molecule has 0 atom stereocenters. The summed E-state index contributed by atoms with van der Waals surface area (Å²) < 4.78 is 5.27. The highest BCUT2D eigenvalue weighted by molar-refractivity contribution is 5.94. The van der Waals surface area contributed by atoms with Gasteiger partial charge in [0, 0.05) is 54.4 Å². The van der Waals surface area contributed by atoms with E-state index in [1.807, 2.05) is 62.5 Å². The molecule has 9 nitrogen and oxygen atoms in total. The standard InChI is InChI=1S/C32H34N4O5/c1-23(2)35(31(37)17-12-24-8-13-27(14-9-24)36(39)40)22-32(38)34(21-25-10-15-28(41-3)16-11-25)19-18-26-20-33-30-7-5-4-6-29(26)30/h4-17,20,23,33H,18-19,21-22H2,1-3H3. The first-order valence-electron chi connectivity index (χ1n) is 13.4. The molecule has 0 fully saturated rings. The van der Waals surface area contributed by atoms with Crippen LogP contribution in [-0.2, 0) is 22.6 Å². The fourth-order valence-corrected chi connectivity index (χ4v) is 4.57. The van der Waals surface area contributed by atoms with E-state index < -0.39 is 4.92 Å². The van der Waals surface area contributed by atoms with Crippen molar-refractivity contribution in [2.45, 2.75) is 32.9 Å². The zero-order valence-corrected chi connectivity index (χ0v) is 23.4. The Morgan fingerprint density at radius 1 is 1.02 bits per heavy atom. The molecule has 0 bridgehead atoms. The van der Waals surface area contributed by atoms with Gasteiger partial charge in [0.2, 0.25) is 11.8 Å². The second kappa shape index (κ2) is 13.4. The Labute approximate surface area is 239 Å². The number of nitro benzene ring substituents is 1. The van der Waals surface area contributed by atoms with Gasteiger partial charge in [-0.2, -0.15) is 0 Å². The lowest BCUT2D eigenvalue weighted by atomic mass is 10.1. The monoisotopic (exact) mass is 554 g/mol. The molecule has 2 amide bonds. The number of ether oxygens (including phenoxy) is 1. The fraction of sp³-hybridized carbons (Fsp3) is 0.250.